The van der Waals surface area contributed by atoms with E-state index >= 15 is 0 Å². The molecular weight excluding hydrogens is 452 g/mol. The number of para-hydroxylation sites is 1. The number of nitrogens with one attached hydrogen (secondary N) is 1. The summed E-state index contributed by atoms with van der Waals surface area (Å²) in [5, 5.41) is 13.5. The fourth-order valence-corrected chi connectivity index (χ4v) is 6.36. The number of amidine groups is 1. The van der Waals surface area contributed by atoms with Gasteiger partial charge < -0.3 is 24.8 Å². The number of nitrogens with zero attached hydrogens (tertiary/aromatic N) is 3. The molecule has 35 heavy (non-hydrogen) atoms. The van der Waals surface area contributed by atoms with E-state index < -0.39 is 29.4 Å². The Hall–Kier alpha value is -3.40. The van der Waals surface area contributed by atoms with Crippen LogP contribution in [0.25, 0.3) is 0 Å². The third-order valence-electron chi connectivity index (χ3n) is 7.81. The number of urea groups is 1. The highest BCUT2D eigenvalue weighted by Gasteiger charge is 2.66. The molecule has 10 nitrogen and oxygen atoms in total. The van der Waals surface area contributed by atoms with Crippen molar-refractivity contribution in [2.45, 2.75) is 55.6 Å². The van der Waals surface area contributed by atoms with Crippen LogP contribution in [0.2, 0.25) is 0 Å². The molecule has 2 N–H and O–H groups in total. The number of ether oxygens (including phenoxy) is 2. The van der Waals surface area contributed by atoms with Crippen molar-refractivity contribution >= 4 is 29.5 Å². The van der Waals surface area contributed by atoms with Gasteiger partial charge in [0.2, 0.25) is 0 Å². The first-order valence-electron chi connectivity index (χ1n) is 11.9. The lowest BCUT2D eigenvalue weighted by molar-refractivity contribution is -0.139. The molecule has 0 bridgehead atoms. The Morgan fingerprint density at radius 1 is 1.14 bits per heavy atom. The Labute approximate surface area is 203 Å². The van der Waals surface area contributed by atoms with E-state index in [4.69, 9.17) is 9.47 Å². The quantitative estimate of drug-likeness (QED) is 0.624. The molecule has 10 heteroatoms. The lowest BCUT2D eigenvalue weighted by Crippen LogP contribution is -2.56. The van der Waals surface area contributed by atoms with Crippen molar-refractivity contribution in [1.82, 2.24) is 10.2 Å². The van der Waals surface area contributed by atoms with Crippen LogP contribution in [-0.2, 0) is 24.5 Å². The van der Waals surface area contributed by atoms with Crippen LogP contribution in [0.15, 0.2) is 40.5 Å². The predicted octanol–water partition coefficient (Wildman–Crippen LogP) is 1.47. The van der Waals surface area contributed by atoms with E-state index in [9.17, 15) is 19.5 Å². The molecule has 1 aromatic rings. The van der Waals surface area contributed by atoms with Gasteiger partial charge in [-0.25, -0.2) is 19.4 Å². The lowest BCUT2D eigenvalue weighted by Gasteiger charge is -2.39. The van der Waals surface area contributed by atoms with Gasteiger partial charge in [-0.05, 0) is 30.9 Å². The molecule has 1 aliphatic carbocycles. The van der Waals surface area contributed by atoms with Gasteiger partial charge in [-0.3, -0.25) is 4.90 Å². The van der Waals surface area contributed by atoms with Crippen LogP contribution in [0.1, 0.15) is 37.7 Å². The normalized spacial score (nSPS) is 27.3. The number of aliphatic hydroxyl groups is 1. The fraction of sp³-hybridized carbons (Fsp3) is 0.520. The van der Waals surface area contributed by atoms with Crippen LogP contribution in [0.3, 0.4) is 0 Å². The molecule has 1 saturated carbocycles. The highest BCUT2D eigenvalue weighted by molar-refractivity contribution is 6.15. The van der Waals surface area contributed by atoms with Gasteiger partial charge in [0.1, 0.15) is 5.84 Å². The number of likely N-dealkylation sites (N-methyl/N-ethyl adjacent to an activating group) is 1. The van der Waals surface area contributed by atoms with Crippen molar-refractivity contribution in [3.8, 4) is 0 Å². The van der Waals surface area contributed by atoms with Gasteiger partial charge in [0, 0.05) is 18.8 Å². The zero-order chi connectivity index (χ0) is 24.9. The van der Waals surface area contributed by atoms with Crippen molar-refractivity contribution in [2.24, 2.45) is 4.99 Å². The summed E-state index contributed by atoms with van der Waals surface area (Å²) in [6.07, 6.45) is 4.24. The molecule has 1 spiro atoms. The van der Waals surface area contributed by atoms with E-state index in [2.05, 4.69) is 10.3 Å². The SMILES string of the molecule is COC(=O)C1=C(C(=O)OC)C2N(C)c3ccccc3C23CC(CO)N(C(=O)NC2CCCC2)C3=N1. The summed E-state index contributed by atoms with van der Waals surface area (Å²) in [5.41, 5.74) is 0.689. The predicted molar refractivity (Wildman–Crippen MR) is 127 cm³/mol. The number of rotatable bonds is 4. The summed E-state index contributed by atoms with van der Waals surface area (Å²) in [5.74, 6) is -1.15. The van der Waals surface area contributed by atoms with Crippen LogP contribution >= 0.6 is 0 Å². The molecule has 2 fully saturated rings. The van der Waals surface area contributed by atoms with Gasteiger partial charge in [0.15, 0.2) is 5.70 Å². The van der Waals surface area contributed by atoms with Crippen molar-refractivity contribution in [2.75, 3.05) is 32.8 Å². The summed E-state index contributed by atoms with van der Waals surface area (Å²) in [6, 6.07) is 6.11. The largest absolute Gasteiger partial charge is 0.466 e. The maximum Gasteiger partial charge on any atom is 0.357 e. The standard InChI is InChI=1S/C25H30N4O6/c1-28-17-11-7-6-10-16(17)25-12-15(13-30)29(24(33)26-14-8-4-5-9-14)23(25)27-19(22(32)35-3)18(20(25)28)21(31)34-2/h6-7,10-11,14-15,20,30H,4-5,8-9,12-13H2,1-3H3,(H,26,33). The summed E-state index contributed by atoms with van der Waals surface area (Å²) in [6.45, 7) is -0.293. The van der Waals surface area contributed by atoms with E-state index in [0.29, 0.717) is 12.3 Å². The third-order valence-corrected chi connectivity index (χ3v) is 7.81. The summed E-state index contributed by atoms with van der Waals surface area (Å²) in [4.78, 5) is 47.6. The molecular formula is C25H30N4O6. The number of carbonyl (C=O) groups is 3. The molecule has 1 saturated heterocycles. The van der Waals surface area contributed by atoms with Crippen LogP contribution < -0.4 is 10.2 Å². The smallest absolute Gasteiger partial charge is 0.357 e. The maximum absolute atomic E-state index is 13.6. The number of aliphatic hydroxyl groups excluding tert-OH is 1. The number of methoxy groups -OCH3 is 2. The number of hydrogen-bond acceptors (Lipinski definition) is 8. The van der Waals surface area contributed by atoms with Crippen molar-refractivity contribution in [3.05, 3.63) is 41.1 Å². The van der Waals surface area contributed by atoms with Crippen LogP contribution in [0.4, 0.5) is 10.5 Å². The average Bonchev–Trinajstić information content (AvgIpc) is 3.57. The van der Waals surface area contributed by atoms with E-state index in [1.54, 1.807) is 0 Å². The van der Waals surface area contributed by atoms with Gasteiger partial charge in [-0.1, -0.05) is 31.0 Å². The second kappa shape index (κ2) is 8.67. The molecule has 3 aliphatic heterocycles. The van der Waals surface area contributed by atoms with Crippen molar-refractivity contribution in [3.63, 3.8) is 0 Å². The Balaban J connectivity index is 1.73. The highest BCUT2D eigenvalue weighted by Crippen LogP contribution is 2.57. The van der Waals surface area contributed by atoms with Crippen LogP contribution in [0, 0.1) is 0 Å². The number of hydrogen-bond donors (Lipinski definition) is 2. The van der Waals surface area contributed by atoms with Crippen molar-refractivity contribution in [1.29, 1.82) is 0 Å². The topological polar surface area (TPSA) is 121 Å². The van der Waals surface area contributed by atoms with E-state index in [1.165, 1.54) is 19.1 Å². The number of aliphatic imine (C=N–C) groups is 1. The second-order valence-electron chi connectivity index (χ2n) is 9.52. The lowest BCUT2D eigenvalue weighted by atomic mass is 9.69. The minimum absolute atomic E-state index is 0.0539. The molecule has 5 rings (SSSR count). The number of fused-ring (bicyclic) bond motifs is 1. The zero-order valence-electron chi connectivity index (χ0n) is 20.1. The number of carbonyl (C=O) groups excluding carboxylic acids is 3. The first-order valence-corrected chi connectivity index (χ1v) is 11.9. The molecule has 3 atom stereocenters. The first kappa shape index (κ1) is 23.3. The molecule has 4 aliphatic rings. The van der Waals surface area contributed by atoms with Gasteiger partial charge >= 0.3 is 18.0 Å². The Morgan fingerprint density at radius 2 is 1.83 bits per heavy atom. The van der Waals surface area contributed by atoms with Gasteiger partial charge in [0.05, 0.1) is 43.9 Å². The first-order chi connectivity index (χ1) is 16.9. The van der Waals surface area contributed by atoms with Crippen LogP contribution in [-0.4, -0.2) is 79.8 Å². The van der Waals surface area contributed by atoms with E-state index in [-0.39, 0.29) is 29.9 Å². The molecule has 3 heterocycles. The van der Waals surface area contributed by atoms with E-state index in [1.807, 2.05) is 36.2 Å². The molecule has 1 aromatic carbocycles. The summed E-state index contributed by atoms with van der Waals surface area (Å²) >= 11 is 0. The van der Waals surface area contributed by atoms with E-state index in [0.717, 1.165) is 36.9 Å². The summed E-state index contributed by atoms with van der Waals surface area (Å²) in [7, 11) is 4.31. The maximum atomic E-state index is 13.6. The molecule has 2 amide bonds. The van der Waals surface area contributed by atoms with Gasteiger partial charge in [-0.2, -0.15) is 0 Å². The Bertz CT molecular complexity index is 1140. The molecule has 186 valence electrons. The molecule has 0 aromatic heterocycles. The third kappa shape index (κ3) is 3.26. The fourth-order valence-electron chi connectivity index (χ4n) is 6.36. The number of benzene rings is 1. The zero-order valence-corrected chi connectivity index (χ0v) is 20.1. The number of anilines is 1. The Morgan fingerprint density at radius 3 is 2.49 bits per heavy atom. The van der Waals surface area contributed by atoms with Crippen LogP contribution in [0.5, 0.6) is 0 Å². The minimum Gasteiger partial charge on any atom is -0.466 e. The highest BCUT2D eigenvalue weighted by atomic mass is 16.5. The Kier molecular flexibility index (Phi) is 5.79. The number of esters is 2. The summed E-state index contributed by atoms with van der Waals surface area (Å²) < 4.78 is 10.1. The van der Waals surface area contributed by atoms with Gasteiger partial charge in [-0.15, -0.1) is 0 Å². The number of likely N-dealkylation sites (tertiary alicyclic amines) is 1. The molecule has 0 radical (unpaired) electrons. The monoisotopic (exact) mass is 482 g/mol. The minimum atomic E-state index is -0.938. The van der Waals surface area contributed by atoms with Crippen molar-refractivity contribution < 1.29 is 29.0 Å². The average molecular weight is 483 g/mol. The molecule has 3 unspecified atom stereocenters. The van der Waals surface area contributed by atoms with Gasteiger partial charge in [0.25, 0.3) is 0 Å². The second-order valence-corrected chi connectivity index (χ2v) is 9.52. The number of amides is 2.